The number of benzene rings is 2. The molecule has 1 heterocycles. The molecule has 0 spiro atoms. The highest BCUT2D eigenvalue weighted by Gasteiger charge is 2.09. The second-order valence-electron chi connectivity index (χ2n) is 4.18. The van der Waals surface area contributed by atoms with Gasteiger partial charge in [0.1, 0.15) is 11.3 Å². The van der Waals surface area contributed by atoms with E-state index < -0.39 is 0 Å². The largest absolute Gasteiger partial charge is 0.497 e. The molecule has 0 aliphatic heterocycles. The highest BCUT2D eigenvalue weighted by molar-refractivity contribution is 5.80. The Kier molecular flexibility index (Phi) is 2.83. The maximum atomic E-state index is 5.76. The smallest absolute Gasteiger partial charge is 0.227 e. The summed E-state index contributed by atoms with van der Waals surface area (Å²) in [4.78, 5) is 4.50. The quantitative estimate of drug-likeness (QED) is 0.776. The number of fused-ring (bicyclic) bond motifs is 1. The Bertz CT molecular complexity index is 719. The summed E-state index contributed by atoms with van der Waals surface area (Å²) in [6, 6.07) is 13.5. The highest BCUT2D eigenvalue weighted by Crippen LogP contribution is 2.28. The summed E-state index contributed by atoms with van der Waals surface area (Å²) in [5, 5.41) is 3.08. The molecular formula is C15H14N2O2. The molecule has 3 rings (SSSR count). The van der Waals surface area contributed by atoms with Crippen LogP contribution >= 0.6 is 0 Å². The standard InChI is InChI=1S/C15H14N2O2/c1-16-11-6-7-14-13(9-11)17-15(19-14)10-4-3-5-12(8-10)18-2/h3-9,16H,1-2H3. The van der Waals surface area contributed by atoms with Gasteiger partial charge >= 0.3 is 0 Å². The second-order valence-corrected chi connectivity index (χ2v) is 4.18. The topological polar surface area (TPSA) is 47.3 Å². The number of anilines is 1. The molecule has 0 saturated heterocycles. The van der Waals surface area contributed by atoms with Gasteiger partial charge in [-0.2, -0.15) is 0 Å². The van der Waals surface area contributed by atoms with Crippen LogP contribution < -0.4 is 10.1 Å². The predicted octanol–water partition coefficient (Wildman–Crippen LogP) is 3.55. The summed E-state index contributed by atoms with van der Waals surface area (Å²) in [5.74, 6) is 1.39. The van der Waals surface area contributed by atoms with Gasteiger partial charge in [-0.3, -0.25) is 0 Å². The van der Waals surface area contributed by atoms with Crippen LogP contribution in [0.25, 0.3) is 22.6 Å². The zero-order chi connectivity index (χ0) is 13.2. The maximum absolute atomic E-state index is 5.76. The molecular weight excluding hydrogens is 240 g/mol. The van der Waals surface area contributed by atoms with Crippen LogP contribution in [-0.4, -0.2) is 19.1 Å². The number of hydrogen-bond acceptors (Lipinski definition) is 4. The number of ether oxygens (including phenoxy) is 1. The molecule has 0 aliphatic rings. The van der Waals surface area contributed by atoms with E-state index in [9.17, 15) is 0 Å². The van der Waals surface area contributed by atoms with Gasteiger partial charge in [0.15, 0.2) is 5.58 Å². The number of hydrogen-bond donors (Lipinski definition) is 1. The van der Waals surface area contributed by atoms with Crippen molar-refractivity contribution in [3.63, 3.8) is 0 Å². The van der Waals surface area contributed by atoms with Crippen LogP contribution in [0.15, 0.2) is 46.9 Å². The molecule has 0 saturated carbocycles. The molecule has 0 aliphatic carbocycles. The fraction of sp³-hybridized carbons (Fsp3) is 0.133. The molecule has 96 valence electrons. The lowest BCUT2D eigenvalue weighted by molar-refractivity contribution is 0.415. The minimum atomic E-state index is 0.599. The molecule has 4 heteroatoms. The fourth-order valence-corrected chi connectivity index (χ4v) is 1.96. The van der Waals surface area contributed by atoms with E-state index in [0.29, 0.717) is 5.89 Å². The average Bonchev–Trinajstić information content (AvgIpc) is 2.90. The Labute approximate surface area is 111 Å². The number of rotatable bonds is 3. The van der Waals surface area contributed by atoms with Crippen LogP contribution in [0.4, 0.5) is 5.69 Å². The highest BCUT2D eigenvalue weighted by atomic mass is 16.5. The first-order valence-corrected chi connectivity index (χ1v) is 6.03. The number of methoxy groups -OCH3 is 1. The van der Waals surface area contributed by atoms with Crippen LogP contribution in [0.3, 0.4) is 0 Å². The van der Waals surface area contributed by atoms with E-state index >= 15 is 0 Å². The maximum Gasteiger partial charge on any atom is 0.227 e. The molecule has 2 aromatic carbocycles. The van der Waals surface area contributed by atoms with Crippen molar-refractivity contribution >= 4 is 16.8 Å². The molecule has 4 nitrogen and oxygen atoms in total. The molecule has 3 aromatic rings. The lowest BCUT2D eigenvalue weighted by Crippen LogP contribution is -1.86. The van der Waals surface area contributed by atoms with Gasteiger partial charge in [0.05, 0.1) is 7.11 Å². The summed E-state index contributed by atoms with van der Waals surface area (Å²) >= 11 is 0. The number of aromatic nitrogens is 1. The predicted molar refractivity (Wildman–Crippen MR) is 75.5 cm³/mol. The number of oxazole rings is 1. The SMILES string of the molecule is CNc1ccc2oc(-c3cccc(OC)c3)nc2c1. The van der Waals surface area contributed by atoms with Gasteiger partial charge in [0, 0.05) is 18.3 Å². The first kappa shape index (κ1) is 11.6. The van der Waals surface area contributed by atoms with Gasteiger partial charge in [-0.1, -0.05) is 6.07 Å². The van der Waals surface area contributed by atoms with Gasteiger partial charge in [-0.15, -0.1) is 0 Å². The third kappa shape index (κ3) is 2.12. The van der Waals surface area contributed by atoms with E-state index in [1.54, 1.807) is 7.11 Å². The lowest BCUT2D eigenvalue weighted by Gasteiger charge is -2.00. The first-order valence-electron chi connectivity index (χ1n) is 6.03. The second kappa shape index (κ2) is 4.65. The Morgan fingerprint density at radius 1 is 1.16 bits per heavy atom. The molecule has 19 heavy (non-hydrogen) atoms. The molecule has 0 fully saturated rings. The minimum Gasteiger partial charge on any atom is -0.497 e. The zero-order valence-electron chi connectivity index (χ0n) is 10.8. The fourth-order valence-electron chi connectivity index (χ4n) is 1.96. The summed E-state index contributed by atoms with van der Waals surface area (Å²) in [7, 11) is 3.52. The van der Waals surface area contributed by atoms with Crippen molar-refractivity contribution in [2.45, 2.75) is 0 Å². The Morgan fingerprint density at radius 2 is 2.05 bits per heavy atom. The Hall–Kier alpha value is -2.49. The first-order chi connectivity index (χ1) is 9.30. The van der Waals surface area contributed by atoms with Gasteiger partial charge in [0.25, 0.3) is 0 Å². The molecule has 0 unspecified atom stereocenters. The molecule has 1 N–H and O–H groups in total. The van der Waals surface area contributed by atoms with Crippen molar-refractivity contribution < 1.29 is 9.15 Å². The third-order valence-corrected chi connectivity index (χ3v) is 2.99. The lowest BCUT2D eigenvalue weighted by atomic mass is 10.2. The molecule has 0 bridgehead atoms. The van der Waals surface area contributed by atoms with Gasteiger partial charge in [-0.25, -0.2) is 4.98 Å². The van der Waals surface area contributed by atoms with Gasteiger partial charge in [0.2, 0.25) is 5.89 Å². The molecule has 1 aromatic heterocycles. The average molecular weight is 254 g/mol. The van der Waals surface area contributed by atoms with Crippen molar-refractivity contribution in [3.8, 4) is 17.2 Å². The monoisotopic (exact) mass is 254 g/mol. The van der Waals surface area contributed by atoms with Crippen molar-refractivity contribution in [3.05, 3.63) is 42.5 Å². The van der Waals surface area contributed by atoms with Gasteiger partial charge < -0.3 is 14.5 Å². The number of nitrogens with zero attached hydrogens (tertiary/aromatic N) is 1. The van der Waals surface area contributed by atoms with Crippen LogP contribution in [0.1, 0.15) is 0 Å². The van der Waals surface area contributed by atoms with Crippen molar-refractivity contribution in [2.24, 2.45) is 0 Å². The summed E-state index contributed by atoms with van der Waals surface area (Å²) in [6.45, 7) is 0. The normalized spacial score (nSPS) is 10.6. The van der Waals surface area contributed by atoms with Crippen molar-refractivity contribution in [1.29, 1.82) is 0 Å². The van der Waals surface area contributed by atoms with Crippen LogP contribution in [-0.2, 0) is 0 Å². The van der Waals surface area contributed by atoms with Crippen LogP contribution in [0.5, 0.6) is 5.75 Å². The van der Waals surface area contributed by atoms with E-state index in [1.165, 1.54) is 0 Å². The van der Waals surface area contributed by atoms with E-state index in [1.807, 2.05) is 49.5 Å². The van der Waals surface area contributed by atoms with Gasteiger partial charge in [-0.05, 0) is 36.4 Å². The van der Waals surface area contributed by atoms with Crippen LogP contribution in [0.2, 0.25) is 0 Å². The summed E-state index contributed by atoms with van der Waals surface area (Å²) in [5.41, 5.74) is 3.53. The Balaban J connectivity index is 2.09. The zero-order valence-corrected chi connectivity index (χ0v) is 10.8. The van der Waals surface area contributed by atoms with Crippen molar-refractivity contribution in [1.82, 2.24) is 4.98 Å². The van der Waals surface area contributed by atoms with E-state index in [0.717, 1.165) is 28.1 Å². The van der Waals surface area contributed by atoms with E-state index in [4.69, 9.17) is 9.15 Å². The van der Waals surface area contributed by atoms with Crippen LogP contribution in [0, 0.1) is 0 Å². The van der Waals surface area contributed by atoms with E-state index in [2.05, 4.69) is 10.3 Å². The molecule has 0 amide bonds. The molecule has 0 radical (unpaired) electrons. The minimum absolute atomic E-state index is 0.599. The third-order valence-electron chi connectivity index (χ3n) is 2.99. The summed E-state index contributed by atoms with van der Waals surface area (Å²) in [6.07, 6.45) is 0. The number of nitrogens with one attached hydrogen (secondary N) is 1. The Morgan fingerprint density at radius 3 is 2.84 bits per heavy atom. The van der Waals surface area contributed by atoms with Crippen molar-refractivity contribution in [2.75, 3.05) is 19.5 Å². The van der Waals surface area contributed by atoms with E-state index in [-0.39, 0.29) is 0 Å². The molecule has 0 atom stereocenters. The summed E-state index contributed by atoms with van der Waals surface area (Å²) < 4.78 is 11.0.